The predicted molar refractivity (Wildman–Crippen MR) is 135 cm³/mol. The van der Waals surface area contributed by atoms with E-state index in [9.17, 15) is 14.7 Å². The molecule has 2 heterocycles. The number of aliphatic hydroxyl groups is 1. The van der Waals surface area contributed by atoms with E-state index in [1.807, 2.05) is 38.3 Å². The van der Waals surface area contributed by atoms with Crippen LogP contribution >= 0.6 is 11.3 Å². The maximum atomic E-state index is 13.3. The number of benzene rings is 2. The highest BCUT2D eigenvalue weighted by Crippen LogP contribution is 2.45. The maximum Gasteiger partial charge on any atom is 0.300 e. The smallest absolute Gasteiger partial charge is 0.300 e. The zero-order chi connectivity index (χ0) is 24.9. The fourth-order valence-corrected chi connectivity index (χ4v) is 4.88. The molecule has 0 saturated carbocycles. The van der Waals surface area contributed by atoms with Crippen LogP contribution in [0.5, 0.6) is 17.2 Å². The summed E-state index contributed by atoms with van der Waals surface area (Å²) in [5.74, 6) is -0.146. The minimum absolute atomic E-state index is 0.0106. The Hall–Kier alpha value is -3.78. The number of aliphatic hydroxyl groups excluding tert-OH is 1. The highest BCUT2D eigenvalue weighted by molar-refractivity contribution is 7.10. The first-order chi connectivity index (χ1) is 17.0. The molecule has 0 bridgehead atoms. The first-order valence-corrected chi connectivity index (χ1v) is 12.3. The average Bonchev–Trinajstić information content (AvgIpc) is 3.47. The number of Topliss-reactive ketones (excluding diaryl/α,β-unsaturated/α-hetero) is 1. The molecule has 8 heteroatoms. The summed E-state index contributed by atoms with van der Waals surface area (Å²) < 4.78 is 16.8. The third-order valence-electron chi connectivity index (χ3n) is 5.50. The molecule has 0 spiro atoms. The molecule has 1 atom stereocenters. The summed E-state index contributed by atoms with van der Waals surface area (Å²) in [6, 6.07) is 14.9. The molecule has 0 aliphatic carbocycles. The number of hydrogen-bond donors (Lipinski definition) is 1. The highest BCUT2D eigenvalue weighted by Gasteiger charge is 2.47. The Morgan fingerprint density at radius 3 is 2.20 bits per heavy atom. The third kappa shape index (κ3) is 4.74. The van der Waals surface area contributed by atoms with E-state index in [4.69, 9.17) is 14.2 Å². The normalized spacial score (nSPS) is 17.0. The van der Waals surface area contributed by atoms with E-state index >= 15 is 0 Å². The van der Waals surface area contributed by atoms with Gasteiger partial charge in [-0.3, -0.25) is 14.5 Å². The van der Waals surface area contributed by atoms with Gasteiger partial charge in [0.1, 0.15) is 29.0 Å². The van der Waals surface area contributed by atoms with Gasteiger partial charge in [0.05, 0.1) is 31.0 Å². The summed E-state index contributed by atoms with van der Waals surface area (Å²) in [5.41, 5.74) is 0.864. The number of amides is 1. The van der Waals surface area contributed by atoms with Crippen molar-refractivity contribution in [3.8, 4) is 17.2 Å². The Kier molecular flexibility index (Phi) is 7.41. The quantitative estimate of drug-likeness (QED) is 0.238. The Balaban J connectivity index is 1.86. The maximum absolute atomic E-state index is 13.3. The number of rotatable bonds is 9. The second kappa shape index (κ2) is 10.7. The Morgan fingerprint density at radius 2 is 1.57 bits per heavy atom. The number of carbonyl (C=O) groups excluding carboxylic acids is 2. The number of ketones is 1. The van der Waals surface area contributed by atoms with E-state index in [1.165, 1.54) is 16.2 Å². The molecule has 4 rings (SSSR count). The average molecular weight is 494 g/mol. The van der Waals surface area contributed by atoms with Crippen molar-refractivity contribution in [2.75, 3.05) is 24.7 Å². The second-order valence-electron chi connectivity index (χ2n) is 7.64. The van der Waals surface area contributed by atoms with E-state index in [1.54, 1.807) is 42.5 Å². The highest BCUT2D eigenvalue weighted by atomic mass is 32.1. The van der Waals surface area contributed by atoms with Gasteiger partial charge in [-0.15, -0.1) is 11.3 Å². The van der Waals surface area contributed by atoms with Crippen LogP contribution < -0.4 is 19.1 Å². The topological polar surface area (TPSA) is 85.3 Å². The lowest BCUT2D eigenvalue weighted by atomic mass is 9.99. The Morgan fingerprint density at radius 1 is 0.914 bits per heavy atom. The lowest BCUT2D eigenvalue weighted by Crippen LogP contribution is -2.29. The number of hydrogen-bond acceptors (Lipinski definition) is 7. The van der Waals surface area contributed by atoms with Gasteiger partial charge in [-0.1, -0.05) is 6.07 Å². The summed E-state index contributed by atoms with van der Waals surface area (Å²) in [5, 5.41) is 13.3. The summed E-state index contributed by atoms with van der Waals surface area (Å²) in [6.45, 7) is 6.93. The van der Waals surface area contributed by atoms with Gasteiger partial charge in [0, 0.05) is 16.6 Å². The number of anilines is 1. The summed E-state index contributed by atoms with van der Waals surface area (Å²) >= 11 is 1.41. The van der Waals surface area contributed by atoms with Crippen LogP contribution in [0, 0.1) is 0 Å². The van der Waals surface area contributed by atoms with Crippen LogP contribution in [0.4, 0.5) is 5.69 Å². The number of thiophene rings is 1. The van der Waals surface area contributed by atoms with Gasteiger partial charge in [0.25, 0.3) is 11.7 Å². The van der Waals surface area contributed by atoms with Crippen molar-refractivity contribution < 1.29 is 28.9 Å². The molecule has 0 radical (unpaired) electrons. The van der Waals surface area contributed by atoms with Crippen LogP contribution in [0.15, 0.2) is 65.6 Å². The van der Waals surface area contributed by atoms with Gasteiger partial charge in [0.15, 0.2) is 0 Å². The lowest BCUT2D eigenvalue weighted by molar-refractivity contribution is -0.132. The van der Waals surface area contributed by atoms with Gasteiger partial charge in [-0.05, 0) is 68.6 Å². The van der Waals surface area contributed by atoms with Gasteiger partial charge in [-0.25, -0.2) is 0 Å². The van der Waals surface area contributed by atoms with E-state index in [2.05, 4.69) is 0 Å². The third-order valence-corrected chi connectivity index (χ3v) is 6.43. The molecule has 1 unspecified atom stereocenters. The van der Waals surface area contributed by atoms with Crippen molar-refractivity contribution in [2.45, 2.75) is 26.8 Å². The largest absolute Gasteiger partial charge is 0.507 e. The molecule has 1 fully saturated rings. The second-order valence-corrected chi connectivity index (χ2v) is 8.61. The molecule has 1 aliphatic heterocycles. The summed E-state index contributed by atoms with van der Waals surface area (Å²) in [6.07, 6.45) is 0. The van der Waals surface area contributed by atoms with Crippen LogP contribution in [-0.2, 0) is 9.59 Å². The summed E-state index contributed by atoms with van der Waals surface area (Å²) in [7, 11) is 0. The Labute approximate surface area is 208 Å². The van der Waals surface area contributed by atoms with Gasteiger partial charge < -0.3 is 19.3 Å². The van der Waals surface area contributed by atoms with Crippen molar-refractivity contribution in [2.24, 2.45) is 0 Å². The number of ether oxygens (including phenoxy) is 3. The molecule has 1 amide bonds. The molecule has 3 aromatic rings. The summed E-state index contributed by atoms with van der Waals surface area (Å²) in [4.78, 5) is 28.8. The van der Waals surface area contributed by atoms with Crippen molar-refractivity contribution in [3.05, 3.63) is 76.0 Å². The molecular weight excluding hydrogens is 466 g/mol. The van der Waals surface area contributed by atoms with Crippen molar-refractivity contribution in [1.29, 1.82) is 0 Å². The number of carbonyl (C=O) groups is 2. The molecule has 1 aromatic heterocycles. The fourth-order valence-electron chi connectivity index (χ4n) is 4.06. The van der Waals surface area contributed by atoms with Crippen molar-refractivity contribution in [3.63, 3.8) is 0 Å². The standard InChI is InChI=1S/C27H27NO6S/c1-4-32-18-11-9-17(10-12-18)28-24(22-8-7-15-35-22)23(26(30)27(28)31)25(29)20-14-13-19(33-5-2)16-21(20)34-6-3/h7-16,24,29H,4-6H2,1-3H3/b25-23-. The zero-order valence-electron chi connectivity index (χ0n) is 19.8. The van der Waals surface area contributed by atoms with Gasteiger partial charge in [-0.2, -0.15) is 0 Å². The van der Waals surface area contributed by atoms with Crippen LogP contribution in [0.2, 0.25) is 0 Å². The monoisotopic (exact) mass is 493 g/mol. The van der Waals surface area contributed by atoms with Crippen molar-refractivity contribution in [1.82, 2.24) is 0 Å². The van der Waals surface area contributed by atoms with E-state index in [0.717, 1.165) is 4.88 Å². The van der Waals surface area contributed by atoms with Gasteiger partial charge in [0.2, 0.25) is 0 Å². The first kappa shape index (κ1) is 24.3. The van der Waals surface area contributed by atoms with Crippen LogP contribution in [0.1, 0.15) is 37.3 Å². The first-order valence-electron chi connectivity index (χ1n) is 11.5. The molecular formula is C27H27NO6S. The van der Waals surface area contributed by atoms with Gasteiger partial charge >= 0.3 is 0 Å². The zero-order valence-corrected chi connectivity index (χ0v) is 20.6. The molecule has 1 saturated heterocycles. The molecule has 35 heavy (non-hydrogen) atoms. The van der Waals surface area contributed by atoms with Crippen LogP contribution in [0.3, 0.4) is 0 Å². The molecule has 1 aliphatic rings. The molecule has 182 valence electrons. The fraction of sp³-hybridized carbons (Fsp3) is 0.259. The van der Waals surface area contributed by atoms with Crippen LogP contribution in [-0.4, -0.2) is 36.6 Å². The minimum atomic E-state index is -0.783. The Bertz CT molecular complexity index is 1230. The van der Waals surface area contributed by atoms with E-state index in [0.29, 0.717) is 48.3 Å². The lowest BCUT2D eigenvalue weighted by Gasteiger charge is -2.24. The predicted octanol–water partition coefficient (Wildman–Crippen LogP) is 5.57. The molecule has 7 nitrogen and oxygen atoms in total. The number of nitrogens with zero attached hydrogens (tertiary/aromatic N) is 1. The van der Waals surface area contributed by atoms with E-state index < -0.39 is 17.7 Å². The SMILES string of the molecule is CCOc1ccc(N2C(=O)C(=O)/C(=C(\O)c3ccc(OCC)cc3OCC)C2c2cccs2)cc1. The molecule has 2 aromatic carbocycles. The van der Waals surface area contributed by atoms with Crippen LogP contribution in [0.25, 0.3) is 5.76 Å². The van der Waals surface area contributed by atoms with Crippen molar-refractivity contribution >= 4 is 34.5 Å². The van der Waals surface area contributed by atoms with E-state index in [-0.39, 0.29) is 11.3 Å². The molecule has 1 N–H and O–H groups in total. The minimum Gasteiger partial charge on any atom is -0.507 e.